The molecule has 1 heterocycles. The monoisotopic (exact) mass is 238 g/mol. The van der Waals surface area contributed by atoms with Crippen molar-refractivity contribution in [1.29, 1.82) is 0 Å². The average Bonchev–Trinajstić information content (AvgIpc) is 3.00. The van der Waals surface area contributed by atoms with Crippen LogP contribution in [-0.2, 0) is 9.59 Å². The molecule has 0 N–H and O–H groups in total. The second-order valence-corrected chi connectivity index (χ2v) is 6.01. The number of amides is 2. The Morgan fingerprint density at radius 1 is 1.35 bits per heavy atom. The number of carbonyl (C=O) groups excluding carboxylic acids is 2. The third-order valence-electron chi connectivity index (χ3n) is 4.05. The zero-order valence-corrected chi connectivity index (χ0v) is 11.2. The highest BCUT2D eigenvalue weighted by molar-refractivity contribution is 5.92. The van der Waals surface area contributed by atoms with Gasteiger partial charge in [-0.3, -0.25) is 9.59 Å². The predicted octanol–water partition coefficient (Wildman–Crippen LogP) is 1.11. The van der Waals surface area contributed by atoms with Gasteiger partial charge in [-0.15, -0.1) is 0 Å². The molecule has 1 aliphatic carbocycles. The van der Waals surface area contributed by atoms with Crippen molar-refractivity contribution in [3.8, 4) is 0 Å². The molecule has 1 aliphatic heterocycles. The number of likely N-dealkylation sites (N-methyl/N-ethyl adjacent to an activating group) is 1. The molecule has 1 saturated carbocycles. The van der Waals surface area contributed by atoms with Crippen LogP contribution < -0.4 is 0 Å². The highest BCUT2D eigenvalue weighted by Gasteiger charge is 2.50. The molecule has 0 aromatic heterocycles. The predicted molar refractivity (Wildman–Crippen MR) is 65.3 cm³/mol. The minimum Gasteiger partial charge on any atom is -0.342 e. The summed E-state index contributed by atoms with van der Waals surface area (Å²) in [6.07, 6.45) is 1.94. The third-order valence-corrected chi connectivity index (χ3v) is 4.05. The Bertz CT molecular complexity index is 347. The van der Waals surface area contributed by atoms with E-state index in [1.54, 1.807) is 4.90 Å². The number of hydrogen-bond acceptors (Lipinski definition) is 2. The summed E-state index contributed by atoms with van der Waals surface area (Å²) in [5.74, 6) is 0.443. The van der Waals surface area contributed by atoms with Crippen LogP contribution in [0, 0.1) is 11.3 Å². The van der Waals surface area contributed by atoms with E-state index in [9.17, 15) is 9.59 Å². The van der Waals surface area contributed by atoms with Crippen molar-refractivity contribution < 1.29 is 9.59 Å². The van der Waals surface area contributed by atoms with Crippen LogP contribution in [0.4, 0.5) is 0 Å². The lowest BCUT2D eigenvalue weighted by atomic mass is 9.96. The molecule has 1 atom stereocenters. The Kier molecular flexibility index (Phi) is 2.92. The van der Waals surface area contributed by atoms with Crippen LogP contribution in [0.3, 0.4) is 0 Å². The van der Waals surface area contributed by atoms with Gasteiger partial charge in [0.25, 0.3) is 0 Å². The number of nitrogens with zero attached hydrogens (tertiary/aromatic N) is 2. The Morgan fingerprint density at radius 3 is 2.41 bits per heavy atom. The van der Waals surface area contributed by atoms with E-state index in [4.69, 9.17) is 0 Å². The summed E-state index contributed by atoms with van der Waals surface area (Å²) in [5.41, 5.74) is -0.177. The van der Waals surface area contributed by atoms with Gasteiger partial charge in [0, 0.05) is 25.6 Å². The standard InChI is InChI=1S/C13H22N2O2/c1-9(2)10-11(16)14(4)7-8-15(10)12(17)13(3)5-6-13/h9-10H,5-8H2,1-4H3. The molecule has 2 fully saturated rings. The van der Waals surface area contributed by atoms with Crippen molar-refractivity contribution in [2.45, 2.75) is 39.7 Å². The smallest absolute Gasteiger partial charge is 0.245 e. The molecule has 2 rings (SSSR count). The van der Waals surface area contributed by atoms with Gasteiger partial charge in [-0.1, -0.05) is 20.8 Å². The van der Waals surface area contributed by atoms with Crippen LogP contribution in [0.5, 0.6) is 0 Å². The van der Waals surface area contributed by atoms with E-state index in [1.807, 2.05) is 32.7 Å². The second-order valence-electron chi connectivity index (χ2n) is 6.01. The van der Waals surface area contributed by atoms with E-state index in [2.05, 4.69) is 0 Å². The number of rotatable bonds is 2. The molecule has 2 amide bonds. The van der Waals surface area contributed by atoms with E-state index in [0.717, 1.165) is 12.8 Å². The van der Waals surface area contributed by atoms with Gasteiger partial charge in [-0.25, -0.2) is 0 Å². The maximum absolute atomic E-state index is 12.4. The maximum Gasteiger partial charge on any atom is 0.245 e. The van der Waals surface area contributed by atoms with Crippen LogP contribution in [-0.4, -0.2) is 47.8 Å². The van der Waals surface area contributed by atoms with Crippen LogP contribution in [0.25, 0.3) is 0 Å². The van der Waals surface area contributed by atoms with Crippen molar-refractivity contribution in [2.75, 3.05) is 20.1 Å². The number of carbonyl (C=O) groups is 2. The fourth-order valence-corrected chi connectivity index (χ4v) is 2.49. The summed E-state index contributed by atoms with van der Waals surface area (Å²) in [4.78, 5) is 28.1. The van der Waals surface area contributed by atoms with Gasteiger partial charge < -0.3 is 9.80 Å². The molecule has 96 valence electrons. The van der Waals surface area contributed by atoms with E-state index >= 15 is 0 Å². The van der Waals surface area contributed by atoms with Crippen molar-refractivity contribution in [2.24, 2.45) is 11.3 Å². The first-order chi connectivity index (χ1) is 7.87. The van der Waals surface area contributed by atoms with Gasteiger partial charge in [-0.2, -0.15) is 0 Å². The van der Waals surface area contributed by atoms with Crippen molar-refractivity contribution in [3.05, 3.63) is 0 Å². The first-order valence-electron chi connectivity index (χ1n) is 6.43. The Balaban J connectivity index is 2.20. The summed E-state index contributed by atoms with van der Waals surface area (Å²) in [7, 11) is 1.82. The maximum atomic E-state index is 12.4. The van der Waals surface area contributed by atoms with Gasteiger partial charge >= 0.3 is 0 Å². The summed E-state index contributed by atoms with van der Waals surface area (Å²) < 4.78 is 0. The van der Waals surface area contributed by atoms with Crippen LogP contribution in [0.2, 0.25) is 0 Å². The SMILES string of the molecule is CC(C)C1C(=O)N(C)CCN1C(=O)C1(C)CC1. The molecule has 0 aromatic carbocycles. The minimum atomic E-state index is -0.265. The summed E-state index contributed by atoms with van der Waals surface area (Å²) >= 11 is 0. The van der Waals surface area contributed by atoms with Gasteiger partial charge in [0.2, 0.25) is 11.8 Å². The average molecular weight is 238 g/mol. The zero-order chi connectivity index (χ0) is 12.8. The highest BCUT2D eigenvalue weighted by atomic mass is 16.2. The molecule has 0 spiro atoms. The van der Waals surface area contributed by atoms with Gasteiger partial charge in [0.15, 0.2) is 0 Å². The van der Waals surface area contributed by atoms with Crippen LogP contribution >= 0.6 is 0 Å². The Labute approximate surface area is 103 Å². The Hall–Kier alpha value is -1.06. The Morgan fingerprint density at radius 2 is 1.94 bits per heavy atom. The molecule has 4 heteroatoms. The molecular weight excluding hydrogens is 216 g/mol. The van der Waals surface area contributed by atoms with Crippen molar-refractivity contribution in [1.82, 2.24) is 9.80 Å². The lowest BCUT2D eigenvalue weighted by Gasteiger charge is -2.42. The second kappa shape index (κ2) is 4.00. The summed E-state index contributed by atoms with van der Waals surface area (Å²) in [6.45, 7) is 7.37. The third kappa shape index (κ3) is 2.05. The van der Waals surface area contributed by atoms with Crippen molar-refractivity contribution in [3.63, 3.8) is 0 Å². The van der Waals surface area contributed by atoms with E-state index in [0.29, 0.717) is 13.1 Å². The molecule has 1 unspecified atom stereocenters. The van der Waals surface area contributed by atoms with Gasteiger partial charge in [0.05, 0.1) is 0 Å². The van der Waals surface area contributed by atoms with E-state index in [1.165, 1.54) is 0 Å². The quantitative estimate of drug-likeness (QED) is 0.723. The summed E-state index contributed by atoms with van der Waals surface area (Å²) in [5, 5.41) is 0. The fourth-order valence-electron chi connectivity index (χ4n) is 2.49. The lowest BCUT2D eigenvalue weighted by Crippen LogP contribution is -2.60. The molecule has 2 aliphatic rings. The molecule has 4 nitrogen and oxygen atoms in total. The lowest BCUT2D eigenvalue weighted by molar-refractivity contribution is -0.155. The largest absolute Gasteiger partial charge is 0.342 e. The van der Waals surface area contributed by atoms with Crippen LogP contribution in [0.1, 0.15) is 33.6 Å². The van der Waals surface area contributed by atoms with E-state index in [-0.39, 0.29) is 29.2 Å². The topological polar surface area (TPSA) is 40.6 Å². The normalized spacial score (nSPS) is 27.6. The molecule has 0 radical (unpaired) electrons. The fraction of sp³-hybridized carbons (Fsp3) is 0.846. The first-order valence-corrected chi connectivity index (χ1v) is 6.43. The molecular formula is C13H22N2O2. The van der Waals surface area contributed by atoms with E-state index < -0.39 is 0 Å². The highest BCUT2D eigenvalue weighted by Crippen LogP contribution is 2.47. The molecule has 1 saturated heterocycles. The number of hydrogen-bond donors (Lipinski definition) is 0. The first kappa shape index (κ1) is 12.4. The summed E-state index contributed by atoms with van der Waals surface area (Å²) in [6, 6.07) is -0.265. The van der Waals surface area contributed by atoms with Gasteiger partial charge in [0.1, 0.15) is 6.04 Å². The van der Waals surface area contributed by atoms with Crippen molar-refractivity contribution >= 4 is 11.8 Å². The number of piperazine rings is 1. The van der Waals surface area contributed by atoms with Gasteiger partial charge in [-0.05, 0) is 18.8 Å². The van der Waals surface area contributed by atoms with Crippen LogP contribution in [0.15, 0.2) is 0 Å². The zero-order valence-electron chi connectivity index (χ0n) is 11.2. The molecule has 17 heavy (non-hydrogen) atoms. The minimum absolute atomic E-state index is 0.0869. The molecule has 0 bridgehead atoms. The molecule has 0 aromatic rings.